The number of carbonyl (C=O) groups excluding carboxylic acids is 1. The minimum absolute atomic E-state index is 0.0308. The highest BCUT2D eigenvalue weighted by Crippen LogP contribution is 2.59. The Bertz CT molecular complexity index is 494. The van der Waals surface area contributed by atoms with Gasteiger partial charge in [-0.2, -0.15) is 0 Å². The average Bonchev–Trinajstić information content (AvgIpc) is 3.02. The fourth-order valence-corrected chi connectivity index (χ4v) is 4.33. The molecule has 2 heterocycles. The van der Waals surface area contributed by atoms with Crippen molar-refractivity contribution in [1.82, 2.24) is 4.90 Å². The third-order valence-electron chi connectivity index (χ3n) is 5.63. The van der Waals surface area contributed by atoms with E-state index in [9.17, 15) is 19.8 Å². The summed E-state index contributed by atoms with van der Waals surface area (Å²) in [5.74, 6) is -1.55. The summed E-state index contributed by atoms with van der Waals surface area (Å²) >= 11 is 0. The quantitative estimate of drug-likeness (QED) is 0.613. The molecular formula is C14H22N2O5. The molecule has 118 valence electrons. The summed E-state index contributed by atoms with van der Waals surface area (Å²) in [6.45, 7) is 4.39. The molecule has 0 aromatic carbocycles. The normalized spacial score (nSPS) is 44.3. The molecular weight excluding hydrogens is 276 g/mol. The predicted molar refractivity (Wildman–Crippen MR) is 72.3 cm³/mol. The van der Waals surface area contributed by atoms with Crippen LogP contribution in [0.5, 0.6) is 0 Å². The molecule has 1 saturated carbocycles. The minimum Gasteiger partial charge on any atom is -0.480 e. The van der Waals surface area contributed by atoms with Crippen LogP contribution in [0.1, 0.15) is 26.7 Å². The molecule has 3 aliphatic rings. The molecule has 0 bridgehead atoms. The van der Waals surface area contributed by atoms with Crippen LogP contribution in [0.4, 0.5) is 0 Å². The summed E-state index contributed by atoms with van der Waals surface area (Å²) in [6, 6.07) is -0.995. The van der Waals surface area contributed by atoms with E-state index in [0.717, 1.165) is 0 Å². The van der Waals surface area contributed by atoms with E-state index in [1.807, 2.05) is 13.8 Å². The fraction of sp³-hybridized carbons (Fsp3) is 0.857. The molecule has 3 fully saturated rings. The smallest absolute Gasteiger partial charge is 0.326 e. The Morgan fingerprint density at radius 1 is 1.38 bits per heavy atom. The van der Waals surface area contributed by atoms with Crippen LogP contribution in [0.3, 0.4) is 0 Å². The van der Waals surface area contributed by atoms with Crippen LogP contribution in [0.2, 0.25) is 0 Å². The summed E-state index contributed by atoms with van der Waals surface area (Å²) in [7, 11) is 0. The van der Waals surface area contributed by atoms with Gasteiger partial charge in [-0.1, -0.05) is 13.8 Å². The molecule has 2 aliphatic heterocycles. The minimum atomic E-state index is -1.12. The first-order valence-electron chi connectivity index (χ1n) is 7.33. The standard InChI is InChI=1S/C14H22N2O5/c1-13(2)10-8(3-4-21-10)14(13,15)12(20)16-6-7(17)5-9(16)11(18)19/h7-10,17H,3-6,15H2,1-2H3,(H,18,19). The van der Waals surface area contributed by atoms with Gasteiger partial charge in [0, 0.05) is 30.9 Å². The molecule has 3 rings (SSSR count). The van der Waals surface area contributed by atoms with Crippen LogP contribution in [-0.2, 0) is 14.3 Å². The fourth-order valence-electron chi connectivity index (χ4n) is 4.33. The summed E-state index contributed by atoms with van der Waals surface area (Å²) < 4.78 is 5.65. The lowest BCUT2D eigenvalue weighted by atomic mass is 9.47. The first-order valence-corrected chi connectivity index (χ1v) is 7.33. The number of fused-ring (bicyclic) bond motifs is 1. The van der Waals surface area contributed by atoms with E-state index in [-0.39, 0.29) is 30.9 Å². The van der Waals surface area contributed by atoms with Crippen LogP contribution in [-0.4, -0.2) is 63.9 Å². The third kappa shape index (κ3) is 1.71. The SMILES string of the molecule is CC1(C)C2OCCC2C1(N)C(=O)N1CC(O)CC1C(=O)O. The first-order chi connectivity index (χ1) is 9.71. The maximum absolute atomic E-state index is 12.9. The topological polar surface area (TPSA) is 113 Å². The molecule has 1 aliphatic carbocycles. The number of β-amino-alcohol motifs (C(OH)–C–C–N with tert-alkyl or cyclic N) is 1. The highest BCUT2D eigenvalue weighted by molar-refractivity contribution is 5.93. The molecule has 7 nitrogen and oxygen atoms in total. The summed E-state index contributed by atoms with van der Waals surface area (Å²) in [5, 5.41) is 19.0. The zero-order valence-corrected chi connectivity index (χ0v) is 12.3. The zero-order chi connectivity index (χ0) is 15.6. The number of rotatable bonds is 2. The Kier molecular flexibility index (Phi) is 3.10. The Hall–Kier alpha value is -1.18. The van der Waals surface area contributed by atoms with Gasteiger partial charge in [-0.15, -0.1) is 0 Å². The average molecular weight is 298 g/mol. The van der Waals surface area contributed by atoms with E-state index in [4.69, 9.17) is 10.5 Å². The van der Waals surface area contributed by atoms with Crippen molar-refractivity contribution in [1.29, 1.82) is 0 Å². The molecule has 0 radical (unpaired) electrons. The Morgan fingerprint density at radius 3 is 2.67 bits per heavy atom. The lowest BCUT2D eigenvalue weighted by Crippen LogP contribution is -2.80. The third-order valence-corrected chi connectivity index (χ3v) is 5.63. The molecule has 5 atom stereocenters. The number of hydrogen-bond acceptors (Lipinski definition) is 5. The van der Waals surface area contributed by atoms with Gasteiger partial charge in [0.1, 0.15) is 11.6 Å². The predicted octanol–water partition coefficient (Wildman–Crippen LogP) is -0.825. The van der Waals surface area contributed by atoms with E-state index in [2.05, 4.69) is 0 Å². The van der Waals surface area contributed by atoms with E-state index in [0.29, 0.717) is 13.0 Å². The summed E-state index contributed by atoms with van der Waals surface area (Å²) in [6.07, 6.45) is -0.0909. The van der Waals surface area contributed by atoms with Crippen molar-refractivity contribution >= 4 is 11.9 Å². The van der Waals surface area contributed by atoms with Gasteiger partial charge in [-0.05, 0) is 6.42 Å². The van der Waals surface area contributed by atoms with Crippen LogP contribution < -0.4 is 5.73 Å². The number of ether oxygens (including phenoxy) is 1. The number of nitrogens with zero attached hydrogens (tertiary/aromatic N) is 1. The molecule has 0 spiro atoms. The number of carbonyl (C=O) groups is 2. The Morgan fingerprint density at radius 2 is 2.05 bits per heavy atom. The van der Waals surface area contributed by atoms with Crippen LogP contribution >= 0.6 is 0 Å². The van der Waals surface area contributed by atoms with Crippen LogP contribution in [0.25, 0.3) is 0 Å². The van der Waals surface area contributed by atoms with Crippen molar-refractivity contribution in [3.63, 3.8) is 0 Å². The van der Waals surface area contributed by atoms with Crippen LogP contribution in [0, 0.1) is 11.3 Å². The zero-order valence-electron chi connectivity index (χ0n) is 12.3. The van der Waals surface area contributed by atoms with Crippen LogP contribution in [0.15, 0.2) is 0 Å². The van der Waals surface area contributed by atoms with Gasteiger partial charge in [0.15, 0.2) is 0 Å². The number of aliphatic hydroxyl groups excluding tert-OH is 1. The van der Waals surface area contributed by atoms with E-state index < -0.39 is 29.1 Å². The van der Waals surface area contributed by atoms with Gasteiger partial charge in [-0.25, -0.2) is 4.79 Å². The van der Waals surface area contributed by atoms with Crippen molar-refractivity contribution in [3.8, 4) is 0 Å². The number of amides is 1. The number of aliphatic carboxylic acids is 1. The number of carboxylic acids is 1. The van der Waals surface area contributed by atoms with Crippen molar-refractivity contribution < 1.29 is 24.5 Å². The molecule has 21 heavy (non-hydrogen) atoms. The molecule has 0 aromatic heterocycles. The largest absolute Gasteiger partial charge is 0.480 e. The van der Waals surface area contributed by atoms with Gasteiger partial charge >= 0.3 is 5.97 Å². The number of likely N-dealkylation sites (tertiary alicyclic amines) is 1. The number of aliphatic hydroxyl groups is 1. The van der Waals surface area contributed by atoms with Gasteiger partial charge in [0.05, 0.1) is 12.2 Å². The molecule has 4 N–H and O–H groups in total. The summed E-state index contributed by atoms with van der Waals surface area (Å²) in [5.41, 5.74) is 4.79. The highest BCUT2D eigenvalue weighted by atomic mass is 16.5. The second kappa shape index (κ2) is 4.41. The Balaban J connectivity index is 1.89. The van der Waals surface area contributed by atoms with Crippen molar-refractivity contribution in [3.05, 3.63) is 0 Å². The van der Waals surface area contributed by atoms with Gasteiger partial charge in [0.25, 0.3) is 0 Å². The lowest BCUT2D eigenvalue weighted by Gasteiger charge is -2.61. The highest BCUT2D eigenvalue weighted by Gasteiger charge is 2.72. The molecule has 7 heteroatoms. The lowest BCUT2D eigenvalue weighted by molar-refractivity contribution is -0.186. The monoisotopic (exact) mass is 298 g/mol. The Labute approximate surface area is 123 Å². The van der Waals surface area contributed by atoms with Gasteiger partial charge < -0.3 is 25.6 Å². The maximum atomic E-state index is 12.9. The molecule has 5 unspecified atom stereocenters. The van der Waals surface area contributed by atoms with Gasteiger partial charge in [0.2, 0.25) is 5.91 Å². The second-order valence-corrected chi connectivity index (χ2v) is 6.98. The first kappa shape index (κ1) is 14.7. The molecule has 2 saturated heterocycles. The summed E-state index contributed by atoms with van der Waals surface area (Å²) in [4.78, 5) is 25.5. The molecule has 0 aromatic rings. The second-order valence-electron chi connectivity index (χ2n) is 6.98. The van der Waals surface area contributed by atoms with Crippen molar-refractivity contribution in [2.75, 3.05) is 13.2 Å². The van der Waals surface area contributed by atoms with E-state index in [1.54, 1.807) is 0 Å². The van der Waals surface area contributed by atoms with Crippen molar-refractivity contribution in [2.24, 2.45) is 17.1 Å². The van der Waals surface area contributed by atoms with E-state index >= 15 is 0 Å². The number of hydrogen-bond donors (Lipinski definition) is 3. The molecule has 1 amide bonds. The maximum Gasteiger partial charge on any atom is 0.326 e. The van der Waals surface area contributed by atoms with Crippen molar-refractivity contribution in [2.45, 2.75) is 50.5 Å². The van der Waals surface area contributed by atoms with Gasteiger partial charge in [-0.3, -0.25) is 4.79 Å². The number of nitrogens with two attached hydrogens (primary N) is 1. The van der Waals surface area contributed by atoms with E-state index in [1.165, 1.54) is 4.90 Å². The number of carboxylic acid groups (broad SMARTS) is 1.